The van der Waals surface area contributed by atoms with Crippen molar-refractivity contribution in [2.75, 3.05) is 7.11 Å². The molecular formula is C11H13N3O2S. The Hall–Kier alpha value is -1.56. The van der Waals surface area contributed by atoms with Gasteiger partial charge in [-0.2, -0.15) is 4.98 Å². The molecule has 90 valence electrons. The van der Waals surface area contributed by atoms with Crippen LogP contribution in [-0.4, -0.2) is 22.1 Å². The van der Waals surface area contributed by atoms with Gasteiger partial charge in [-0.05, 0) is 20.8 Å². The van der Waals surface area contributed by atoms with Gasteiger partial charge in [0.15, 0.2) is 0 Å². The summed E-state index contributed by atoms with van der Waals surface area (Å²) in [5, 5.41) is 1.12. The van der Waals surface area contributed by atoms with Gasteiger partial charge in [-0.25, -0.2) is 9.97 Å². The van der Waals surface area contributed by atoms with Crippen LogP contribution in [0, 0.1) is 20.8 Å². The Kier molecular flexibility index (Phi) is 3.33. The summed E-state index contributed by atoms with van der Waals surface area (Å²) in [6.07, 6.45) is 0. The Morgan fingerprint density at radius 1 is 1.18 bits per heavy atom. The normalized spacial score (nSPS) is 10.6. The summed E-state index contributed by atoms with van der Waals surface area (Å²) in [6.45, 7) is 5.67. The van der Waals surface area contributed by atoms with Gasteiger partial charge in [0.1, 0.15) is 5.76 Å². The fourth-order valence-corrected chi connectivity index (χ4v) is 2.06. The van der Waals surface area contributed by atoms with E-state index in [0.717, 1.165) is 17.1 Å². The Morgan fingerprint density at radius 2 is 1.94 bits per heavy atom. The molecule has 0 radical (unpaired) electrons. The number of rotatable bonds is 3. The summed E-state index contributed by atoms with van der Waals surface area (Å²) in [6, 6.07) is 1.77. The van der Waals surface area contributed by atoms with Crippen LogP contribution in [0.2, 0.25) is 0 Å². The predicted molar refractivity (Wildman–Crippen MR) is 63.4 cm³/mol. The van der Waals surface area contributed by atoms with E-state index in [1.54, 1.807) is 13.2 Å². The minimum Gasteiger partial charge on any atom is -0.481 e. The fourth-order valence-electron chi connectivity index (χ4n) is 1.23. The first-order chi connectivity index (χ1) is 8.08. The number of hydrogen-bond donors (Lipinski definition) is 0. The van der Waals surface area contributed by atoms with Gasteiger partial charge in [0, 0.05) is 23.5 Å². The van der Waals surface area contributed by atoms with Gasteiger partial charge in [0.05, 0.1) is 12.8 Å². The van der Waals surface area contributed by atoms with E-state index in [1.165, 1.54) is 11.8 Å². The van der Waals surface area contributed by atoms with Crippen LogP contribution in [0.3, 0.4) is 0 Å². The second-order valence-corrected chi connectivity index (χ2v) is 4.48. The monoisotopic (exact) mass is 251 g/mol. The minimum atomic E-state index is 0.542. The maximum atomic E-state index is 5.46. The third kappa shape index (κ3) is 2.76. The number of oxazole rings is 1. The molecule has 17 heavy (non-hydrogen) atoms. The van der Waals surface area contributed by atoms with Crippen LogP contribution in [-0.2, 0) is 0 Å². The zero-order valence-electron chi connectivity index (χ0n) is 10.1. The van der Waals surface area contributed by atoms with Crippen LogP contribution in [0.25, 0.3) is 0 Å². The lowest BCUT2D eigenvalue weighted by Gasteiger charge is -2.02. The van der Waals surface area contributed by atoms with Crippen LogP contribution in [0.4, 0.5) is 0 Å². The first kappa shape index (κ1) is 11.9. The van der Waals surface area contributed by atoms with Crippen LogP contribution < -0.4 is 4.74 Å². The highest BCUT2D eigenvalue weighted by Crippen LogP contribution is 2.27. The third-order valence-corrected chi connectivity index (χ3v) is 2.92. The van der Waals surface area contributed by atoms with Gasteiger partial charge < -0.3 is 9.15 Å². The number of nitrogens with zero attached hydrogens (tertiary/aromatic N) is 3. The lowest BCUT2D eigenvalue weighted by Crippen LogP contribution is -1.94. The molecule has 0 aliphatic carbocycles. The van der Waals surface area contributed by atoms with Crippen LogP contribution in [0.15, 0.2) is 20.9 Å². The zero-order chi connectivity index (χ0) is 12.4. The van der Waals surface area contributed by atoms with E-state index in [2.05, 4.69) is 15.0 Å². The highest BCUT2D eigenvalue weighted by Gasteiger charge is 2.10. The van der Waals surface area contributed by atoms with Gasteiger partial charge in [-0.1, -0.05) is 0 Å². The number of ether oxygens (including phenoxy) is 1. The van der Waals surface area contributed by atoms with E-state index in [1.807, 2.05) is 20.8 Å². The molecule has 0 spiro atoms. The van der Waals surface area contributed by atoms with Crippen molar-refractivity contribution in [2.45, 2.75) is 31.2 Å². The molecule has 0 aromatic carbocycles. The summed E-state index contributed by atoms with van der Waals surface area (Å²) >= 11 is 1.29. The molecule has 2 heterocycles. The van der Waals surface area contributed by atoms with Crippen LogP contribution >= 0.6 is 11.8 Å². The van der Waals surface area contributed by atoms with E-state index >= 15 is 0 Å². The molecule has 0 amide bonds. The number of methoxy groups -OCH3 is 1. The second kappa shape index (κ2) is 4.75. The van der Waals surface area contributed by atoms with Gasteiger partial charge in [0.2, 0.25) is 11.0 Å². The molecule has 0 fully saturated rings. The Balaban J connectivity index is 2.26. The SMILES string of the molecule is COc1cc(C)nc(Sc2nc(C)c(C)o2)n1. The predicted octanol–water partition coefficient (Wildman–Crippen LogP) is 2.55. The standard InChI is InChI=1S/C11H13N3O2S/c1-6-5-9(15-4)14-10(12-6)17-11-13-7(2)8(3)16-11/h5H,1-4H3. The van der Waals surface area contributed by atoms with Gasteiger partial charge in [-0.15, -0.1) is 0 Å². The van der Waals surface area contributed by atoms with Crippen molar-refractivity contribution in [2.24, 2.45) is 0 Å². The Labute approximate surface area is 104 Å². The average Bonchev–Trinajstić information content (AvgIpc) is 2.57. The molecule has 2 aromatic heterocycles. The number of hydrogen-bond acceptors (Lipinski definition) is 6. The molecule has 0 bridgehead atoms. The Bertz CT molecular complexity index is 520. The first-order valence-electron chi connectivity index (χ1n) is 5.10. The number of aryl methyl sites for hydroxylation is 3. The molecule has 0 atom stereocenters. The highest BCUT2D eigenvalue weighted by atomic mass is 32.2. The van der Waals surface area contributed by atoms with E-state index in [-0.39, 0.29) is 0 Å². The smallest absolute Gasteiger partial charge is 0.264 e. The van der Waals surface area contributed by atoms with Crippen molar-refractivity contribution in [1.29, 1.82) is 0 Å². The maximum Gasteiger partial charge on any atom is 0.264 e. The lowest BCUT2D eigenvalue weighted by atomic mass is 10.4. The lowest BCUT2D eigenvalue weighted by molar-refractivity contribution is 0.391. The van der Waals surface area contributed by atoms with Gasteiger partial charge in [-0.3, -0.25) is 0 Å². The average molecular weight is 251 g/mol. The molecule has 6 heteroatoms. The minimum absolute atomic E-state index is 0.542. The largest absolute Gasteiger partial charge is 0.481 e. The Morgan fingerprint density at radius 3 is 2.53 bits per heavy atom. The third-order valence-electron chi connectivity index (χ3n) is 2.21. The summed E-state index contributed by atoms with van der Waals surface area (Å²) in [4.78, 5) is 12.8. The molecule has 0 unspecified atom stereocenters. The van der Waals surface area contributed by atoms with E-state index < -0.39 is 0 Å². The first-order valence-corrected chi connectivity index (χ1v) is 5.91. The highest BCUT2D eigenvalue weighted by molar-refractivity contribution is 7.98. The van der Waals surface area contributed by atoms with Crippen LogP contribution in [0.5, 0.6) is 5.88 Å². The van der Waals surface area contributed by atoms with E-state index in [9.17, 15) is 0 Å². The second-order valence-electron chi connectivity index (χ2n) is 3.56. The maximum absolute atomic E-state index is 5.46. The van der Waals surface area contributed by atoms with Gasteiger partial charge in [0.25, 0.3) is 5.22 Å². The molecule has 2 rings (SSSR count). The van der Waals surface area contributed by atoms with Crippen molar-refractivity contribution in [3.8, 4) is 5.88 Å². The van der Waals surface area contributed by atoms with E-state index in [0.29, 0.717) is 16.3 Å². The molecule has 5 nitrogen and oxygen atoms in total. The van der Waals surface area contributed by atoms with Crippen molar-refractivity contribution < 1.29 is 9.15 Å². The molecule has 0 saturated carbocycles. The van der Waals surface area contributed by atoms with Gasteiger partial charge >= 0.3 is 0 Å². The summed E-state index contributed by atoms with van der Waals surface area (Å²) in [5.74, 6) is 1.35. The van der Waals surface area contributed by atoms with Crippen LogP contribution in [0.1, 0.15) is 17.1 Å². The topological polar surface area (TPSA) is 61.0 Å². The molecular weight excluding hydrogens is 238 g/mol. The van der Waals surface area contributed by atoms with Crippen molar-refractivity contribution in [3.63, 3.8) is 0 Å². The molecule has 2 aromatic rings. The molecule has 0 saturated heterocycles. The summed E-state index contributed by atoms with van der Waals surface area (Å²) < 4.78 is 10.5. The van der Waals surface area contributed by atoms with Crippen molar-refractivity contribution in [1.82, 2.24) is 15.0 Å². The molecule has 0 aliphatic heterocycles. The summed E-state index contributed by atoms with van der Waals surface area (Å²) in [7, 11) is 1.58. The quantitative estimate of drug-likeness (QED) is 0.781. The van der Waals surface area contributed by atoms with E-state index in [4.69, 9.17) is 9.15 Å². The fraction of sp³-hybridized carbons (Fsp3) is 0.364. The summed E-state index contributed by atoms with van der Waals surface area (Å²) in [5.41, 5.74) is 1.73. The van der Waals surface area contributed by atoms with Crippen molar-refractivity contribution in [3.05, 3.63) is 23.2 Å². The zero-order valence-corrected chi connectivity index (χ0v) is 11.0. The van der Waals surface area contributed by atoms with Crippen molar-refractivity contribution >= 4 is 11.8 Å². The molecule has 0 N–H and O–H groups in total. The number of aromatic nitrogens is 3. The molecule has 0 aliphatic rings.